The van der Waals surface area contributed by atoms with Gasteiger partial charge in [0.25, 0.3) is 0 Å². The number of ether oxygens (including phenoxy) is 1. The van der Waals surface area contributed by atoms with Crippen LogP contribution in [-0.4, -0.2) is 23.2 Å². The van der Waals surface area contributed by atoms with Gasteiger partial charge >= 0.3 is 12.1 Å². The van der Waals surface area contributed by atoms with Gasteiger partial charge in [0.1, 0.15) is 6.61 Å². The second-order valence-electron chi connectivity index (χ2n) is 5.13. The highest BCUT2D eigenvalue weighted by Gasteiger charge is 2.18. The van der Waals surface area contributed by atoms with Crippen LogP contribution >= 0.6 is 0 Å². The normalized spacial score (nSPS) is 11.9. The van der Waals surface area contributed by atoms with Gasteiger partial charge in [-0.1, -0.05) is 44.2 Å². The highest BCUT2D eigenvalue weighted by atomic mass is 16.5. The minimum atomic E-state index is -0.931. The number of rotatable bonds is 7. The minimum Gasteiger partial charge on any atom is -0.481 e. The molecule has 0 saturated heterocycles. The molecule has 0 unspecified atom stereocenters. The van der Waals surface area contributed by atoms with E-state index < -0.39 is 18.1 Å². The van der Waals surface area contributed by atoms with Gasteiger partial charge in [0.15, 0.2) is 0 Å². The highest BCUT2D eigenvalue weighted by Crippen LogP contribution is 2.09. The molecule has 1 aromatic rings. The molecule has 0 aliphatic rings. The second kappa shape index (κ2) is 8.19. The Hall–Kier alpha value is -2.04. The van der Waals surface area contributed by atoms with Gasteiger partial charge in [0.05, 0.1) is 6.42 Å². The van der Waals surface area contributed by atoms with Gasteiger partial charge < -0.3 is 15.2 Å². The number of amides is 1. The molecular weight excluding hydrogens is 258 g/mol. The van der Waals surface area contributed by atoms with Crippen LogP contribution in [0.1, 0.15) is 32.3 Å². The Kier molecular flexibility index (Phi) is 6.56. The Morgan fingerprint density at radius 3 is 2.45 bits per heavy atom. The number of carbonyl (C=O) groups is 2. The van der Waals surface area contributed by atoms with Crippen molar-refractivity contribution >= 4 is 12.1 Å². The van der Waals surface area contributed by atoms with E-state index in [1.54, 1.807) is 0 Å². The zero-order valence-corrected chi connectivity index (χ0v) is 11.8. The molecule has 1 aromatic carbocycles. The molecule has 0 saturated carbocycles. The van der Waals surface area contributed by atoms with Gasteiger partial charge in [0, 0.05) is 6.04 Å². The van der Waals surface area contributed by atoms with Crippen LogP contribution in [0, 0.1) is 5.92 Å². The number of carboxylic acids is 1. The van der Waals surface area contributed by atoms with Crippen molar-refractivity contribution in [2.24, 2.45) is 5.92 Å². The predicted molar refractivity (Wildman–Crippen MR) is 75.3 cm³/mol. The molecule has 0 aliphatic heterocycles. The van der Waals surface area contributed by atoms with E-state index in [4.69, 9.17) is 9.84 Å². The molecule has 5 nitrogen and oxygen atoms in total. The van der Waals surface area contributed by atoms with Crippen LogP contribution in [0.5, 0.6) is 0 Å². The van der Waals surface area contributed by atoms with Crippen molar-refractivity contribution in [1.29, 1.82) is 0 Å². The summed E-state index contributed by atoms with van der Waals surface area (Å²) >= 11 is 0. The number of hydrogen-bond acceptors (Lipinski definition) is 3. The molecule has 20 heavy (non-hydrogen) atoms. The van der Waals surface area contributed by atoms with E-state index in [0.717, 1.165) is 5.56 Å². The third-order valence-corrected chi connectivity index (χ3v) is 2.71. The molecule has 110 valence electrons. The van der Waals surface area contributed by atoms with Gasteiger partial charge in [-0.15, -0.1) is 0 Å². The maximum absolute atomic E-state index is 11.7. The molecule has 0 fully saturated rings. The van der Waals surface area contributed by atoms with E-state index in [0.29, 0.717) is 12.3 Å². The van der Waals surface area contributed by atoms with Crippen molar-refractivity contribution in [1.82, 2.24) is 5.32 Å². The fraction of sp³-hybridized carbons (Fsp3) is 0.467. The number of carboxylic acid groups (broad SMARTS) is 1. The summed E-state index contributed by atoms with van der Waals surface area (Å²) in [6.45, 7) is 4.13. The largest absolute Gasteiger partial charge is 0.481 e. The van der Waals surface area contributed by atoms with Crippen molar-refractivity contribution in [2.75, 3.05) is 0 Å². The molecule has 0 aliphatic carbocycles. The summed E-state index contributed by atoms with van der Waals surface area (Å²) < 4.78 is 5.08. The van der Waals surface area contributed by atoms with Crippen LogP contribution in [0.2, 0.25) is 0 Å². The third-order valence-electron chi connectivity index (χ3n) is 2.71. The summed E-state index contributed by atoms with van der Waals surface area (Å²) in [5, 5.41) is 11.4. The lowest BCUT2D eigenvalue weighted by Gasteiger charge is -2.18. The molecule has 0 aromatic heterocycles. The van der Waals surface area contributed by atoms with E-state index in [1.165, 1.54) is 0 Å². The number of aliphatic carboxylic acids is 1. The Bertz CT molecular complexity index is 431. The van der Waals surface area contributed by atoms with Gasteiger partial charge in [-0.3, -0.25) is 4.79 Å². The van der Waals surface area contributed by atoms with Crippen LogP contribution in [0.25, 0.3) is 0 Å². The number of hydrogen-bond donors (Lipinski definition) is 2. The molecule has 0 heterocycles. The van der Waals surface area contributed by atoms with E-state index in [-0.39, 0.29) is 13.0 Å². The Balaban J connectivity index is 2.42. The quantitative estimate of drug-likeness (QED) is 0.804. The van der Waals surface area contributed by atoms with Crippen molar-refractivity contribution in [2.45, 2.75) is 39.3 Å². The average molecular weight is 279 g/mol. The lowest BCUT2D eigenvalue weighted by atomic mass is 10.0. The third kappa shape index (κ3) is 6.78. The van der Waals surface area contributed by atoms with E-state index in [9.17, 15) is 9.59 Å². The first-order valence-corrected chi connectivity index (χ1v) is 6.66. The van der Waals surface area contributed by atoms with Gasteiger partial charge in [-0.05, 0) is 17.9 Å². The summed E-state index contributed by atoms with van der Waals surface area (Å²) in [5.41, 5.74) is 0.890. The smallest absolute Gasteiger partial charge is 0.407 e. The van der Waals surface area contributed by atoms with Crippen LogP contribution < -0.4 is 5.32 Å². The minimum absolute atomic E-state index is 0.0986. The van der Waals surface area contributed by atoms with Crippen molar-refractivity contribution < 1.29 is 19.4 Å². The maximum atomic E-state index is 11.7. The van der Waals surface area contributed by atoms with Crippen molar-refractivity contribution in [3.8, 4) is 0 Å². The standard InChI is InChI=1S/C15H21NO4/c1-11(2)8-13(9-14(17)18)16-15(19)20-10-12-6-4-3-5-7-12/h3-7,11,13H,8-10H2,1-2H3,(H,16,19)(H,17,18)/t13-/m0/s1. The van der Waals surface area contributed by atoms with Crippen LogP contribution in [-0.2, 0) is 16.1 Å². The maximum Gasteiger partial charge on any atom is 0.407 e. The SMILES string of the molecule is CC(C)C[C@@H](CC(=O)O)NC(=O)OCc1ccccc1. The Labute approximate surface area is 118 Å². The lowest BCUT2D eigenvalue weighted by Crippen LogP contribution is -2.37. The lowest BCUT2D eigenvalue weighted by molar-refractivity contribution is -0.137. The number of benzene rings is 1. The number of alkyl carbamates (subject to hydrolysis) is 1. The molecule has 1 rings (SSSR count). The summed E-state index contributed by atoms with van der Waals surface area (Å²) in [6.07, 6.45) is -0.0773. The van der Waals surface area contributed by atoms with Crippen molar-refractivity contribution in [3.63, 3.8) is 0 Å². The zero-order valence-electron chi connectivity index (χ0n) is 11.8. The summed E-state index contributed by atoms with van der Waals surface area (Å²) in [5.74, 6) is -0.632. The van der Waals surface area contributed by atoms with Crippen LogP contribution in [0.4, 0.5) is 4.79 Å². The molecule has 0 spiro atoms. The first kappa shape index (κ1) is 16.0. The fourth-order valence-electron chi connectivity index (χ4n) is 1.90. The number of carbonyl (C=O) groups excluding carboxylic acids is 1. The monoisotopic (exact) mass is 279 g/mol. The van der Waals surface area contributed by atoms with Gasteiger partial charge in [-0.2, -0.15) is 0 Å². The summed E-state index contributed by atoms with van der Waals surface area (Å²) in [6, 6.07) is 8.92. The Morgan fingerprint density at radius 1 is 1.25 bits per heavy atom. The molecule has 5 heteroatoms. The average Bonchev–Trinajstić information content (AvgIpc) is 2.36. The van der Waals surface area contributed by atoms with E-state index in [1.807, 2.05) is 44.2 Å². The molecule has 0 bridgehead atoms. The first-order valence-electron chi connectivity index (χ1n) is 6.66. The Morgan fingerprint density at radius 2 is 1.90 bits per heavy atom. The van der Waals surface area contributed by atoms with E-state index in [2.05, 4.69) is 5.32 Å². The summed E-state index contributed by atoms with van der Waals surface area (Å²) in [7, 11) is 0. The first-order chi connectivity index (χ1) is 9.47. The van der Waals surface area contributed by atoms with Gasteiger partial charge in [-0.25, -0.2) is 4.79 Å². The molecule has 0 radical (unpaired) electrons. The molecular formula is C15H21NO4. The zero-order chi connectivity index (χ0) is 15.0. The molecule has 2 N–H and O–H groups in total. The highest BCUT2D eigenvalue weighted by molar-refractivity contribution is 5.71. The summed E-state index contributed by atoms with van der Waals surface area (Å²) in [4.78, 5) is 22.4. The van der Waals surface area contributed by atoms with Crippen LogP contribution in [0.3, 0.4) is 0 Å². The predicted octanol–water partition coefficient (Wildman–Crippen LogP) is 2.80. The topological polar surface area (TPSA) is 75.6 Å². The van der Waals surface area contributed by atoms with E-state index >= 15 is 0 Å². The second-order valence-corrected chi connectivity index (χ2v) is 5.13. The van der Waals surface area contributed by atoms with Gasteiger partial charge in [0.2, 0.25) is 0 Å². The van der Waals surface area contributed by atoms with Crippen LogP contribution in [0.15, 0.2) is 30.3 Å². The number of nitrogens with one attached hydrogen (secondary N) is 1. The molecule has 1 amide bonds. The fourth-order valence-corrected chi connectivity index (χ4v) is 1.90. The van der Waals surface area contributed by atoms with Crippen molar-refractivity contribution in [3.05, 3.63) is 35.9 Å². The molecule has 1 atom stereocenters.